The summed E-state index contributed by atoms with van der Waals surface area (Å²) >= 11 is 0. The number of hydrogen-bond acceptors (Lipinski definition) is 8. The maximum absolute atomic E-state index is 12.7. The molecule has 0 aliphatic heterocycles. The van der Waals surface area contributed by atoms with Gasteiger partial charge in [0.2, 0.25) is 11.7 Å². The second-order valence-electron chi connectivity index (χ2n) is 7.04. The van der Waals surface area contributed by atoms with Gasteiger partial charge in [0.15, 0.2) is 17.3 Å². The fourth-order valence-electron chi connectivity index (χ4n) is 3.34. The van der Waals surface area contributed by atoms with E-state index in [2.05, 4.69) is 25.6 Å². The summed E-state index contributed by atoms with van der Waals surface area (Å²) in [5, 5.41) is 6.07. The molecule has 3 aromatic carbocycles. The molecule has 9 heteroatoms. The first-order chi connectivity index (χ1) is 16.6. The predicted molar refractivity (Wildman–Crippen MR) is 129 cm³/mol. The molecule has 34 heavy (non-hydrogen) atoms. The van der Waals surface area contributed by atoms with Gasteiger partial charge in [-0.15, -0.1) is 0 Å². The number of ether oxygens (including phenoxy) is 3. The molecular formula is C25H23N5O4. The number of carbonyl (C=O) groups is 1. The summed E-state index contributed by atoms with van der Waals surface area (Å²) in [7, 11) is 4.63. The highest BCUT2D eigenvalue weighted by Crippen LogP contribution is 2.40. The smallest absolute Gasteiger partial charge is 0.255 e. The van der Waals surface area contributed by atoms with E-state index >= 15 is 0 Å². The first-order valence-corrected chi connectivity index (χ1v) is 10.3. The second kappa shape index (κ2) is 10.3. The molecule has 2 N–H and O–H groups in total. The highest BCUT2D eigenvalue weighted by Gasteiger charge is 2.15. The van der Waals surface area contributed by atoms with Crippen molar-refractivity contribution in [3.8, 4) is 28.6 Å². The van der Waals surface area contributed by atoms with Crippen molar-refractivity contribution in [1.82, 2.24) is 15.0 Å². The van der Waals surface area contributed by atoms with E-state index in [0.717, 1.165) is 0 Å². The molecule has 1 amide bonds. The number of nitrogens with one attached hydrogen (secondary N) is 2. The Bertz CT molecular complexity index is 1270. The van der Waals surface area contributed by atoms with Crippen molar-refractivity contribution in [3.63, 3.8) is 0 Å². The summed E-state index contributed by atoms with van der Waals surface area (Å²) in [4.78, 5) is 25.7. The van der Waals surface area contributed by atoms with Gasteiger partial charge in [-0.2, -0.15) is 4.98 Å². The lowest BCUT2D eigenvalue weighted by Crippen LogP contribution is -2.12. The molecule has 1 aromatic heterocycles. The fraction of sp³-hybridized carbons (Fsp3) is 0.120. The topological polar surface area (TPSA) is 107 Å². The average Bonchev–Trinajstić information content (AvgIpc) is 2.89. The number of amides is 1. The summed E-state index contributed by atoms with van der Waals surface area (Å²) in [5.74, 6) is 1.95. The Morgan fingerprint density at radius 2 is 1.50 bits per heavy atom. The molecule has 4 rings (SSSR count). The van der Waals surface area contributed by atoms with Crippen LogP contribution < -0.4 is 24.8 Å². The molecule has 0 radical (unpaired) electrons. The van der Waals surface area contributed by atoms with Gasteiger partial charge in [0.05, 0.1) is 27.0 Å². The third-order valence-corrected chi connectivity index (χ3v) is 4.94. The Hall–Kier alpha value is -4.66. The molecule has 4 aromatic rings. The number of carbonyl (C=O) groups excluding carboxylic acids is 1. The van der Waals surface area contributed by atoms with Gasteiger partial charge in [0.25, 0.3) is 5.91 Å². The van der Waals surface area contributed by atoms with Gasteiger partial charge >= 0.3 is 0 Å². The van der Waals surface area contributed by atoms with E-state index in [0.29, 0.717) is 51.5 Å². The minimum Gasteiger partial charge on any atom is -0.493 e. The molecule has 0 fully saturated rings. The molecule has 0 atom stereocenters. The number of hydrogen-bond donors (Lipinski definition) is 2. The molecule has 9 nitrogen and oxygen atoms in total. The molecule has 0 unspecified atom stereocenters. The van der Waals surface area contributed by atoms with Crippen LogP contribution in [0.25, 0.3) is 11.4 Å². The monoisotopic (exact) mass is 457 g/mol. The lowest BCUT2D eigenvalue weighted by atomic mass is 10.1. The molecule has 0 spiro atoms. The fourth-order valence-corrected chi connectivity index (χ4v) is 3.34. The van der Waals surface area contributed by atoms with E-state index in [-0.39, 0.29) is 5.91 Å². The largest absolute Gasteiger partial charge is 0.493 e. The Kier molecular flexibility index (Phi) is 6.83. The zero-order valence-electron chi connectivity index (χ0n) is 18.9. The van der Waals surface area contributed by atoms with Crippen LogP contribution in [0.5, 0.6) is 17.2 Å². The van der Waals surface area contributed by atoms with Crippen molar-refractivity contribution in [1.29, 1.82) is 0 Å². The first kappa shape index (κ1) is 22.5. The minimum absolute atomic E-state index is 0.224. The van der Waals surface area contributed by atoms with Crippen LogP contribution in [0.4, 0.5) is 17.3 Å². The molecule has 0 saturated heterocycles. The Morgan fingerprint density at radius 3 is 2.18 bits per heavy atom. The number of benzene rings is 3. The van der Waals surface area contributed by atoms with Crippen LogP contribution in [0.15, 0.2) is 73.1 Å². The maximum Gasteiger partial charge on any atom is 0.255 e. The third-order valence-electron chi connectivity index (χ3n) is 4.94. The van der Waals surface area contributed by atoms with E-state index in [1.807, 2.05) is 36.4 Å². The first-order valence-electron chi connectivity index (χ1n) is 10.3. The number of nitrogens with zero attached hydrogens (tertiary/aromatic N) is 3. The average molecular weight is 457 g/mol. The van der Waals surface area contributed by atoms with Crippen molar-refractivity contribution in [2.75, 3.05) is 32.0 Å². The van der Waals surface area contributed by atoms with Gasteiger partial charge in [-0.1, -0.05) is 30.3 Å². The SMILES string of the molecule is COc1cc(Nc2ncnc(-c3ccccc3NC(=O)c3ccccc3)n2)cc(OC)c1OC. The summed E-state index contributed by atoms with van der Waals surface area (Å²) < 4.78 is 16.2. The van der Waals surface area contributed by atoms with Crippen molar-refractivity contribution in [3.05, 3.63) is 78.6 Å². The molecule has 0 saturated carbocycles. The van der Waals surface area contributed by atoms with Crippen LogP contribution in [-0.2, 0) is 0 Å². The zero-order valence-corrected chi connectivity index (χ0v) is 18.9. The third kappa shape index (κ3) is 4.88. The molecule has 1 heterocycles. The van der Waals surface area contributed by atoms with Crippen LogP contribution in [0.1, 0.15) is 10.4 Å². The molecule has 0 bridgehead atoms. The van der Waals surface area contributed by atoms with Crippen molar-refractivity contribution < 1.29 is 19.0 Å². The summed E-state index contributed by atoms with van der Waals surface area (Å²) in [6.07, 6.45) is 1.40. The lowest BCUT2D eigenvalue weighted by Gasteiger charge is -2.15. The van der Waals surface area contributed by atoms with Gasteiger partial charge in [-0.25, -0.2) is 9.97 Å². The second-order valence-corrected chi connectivity index (χ2v) is 7.04. The van der Waals surface area contributed by atoms with E-state index in [1.54, 1.807) is 51.7 Å². The quantitative estimate of drug-likeness (QED) is 0.397. The lowest BCUT2D eigenvalue weighted by molar-refractivity contribution is 0.102. The van der Waals surface area contributed by atoms with Crippen LogP contribution in [0.2, 0.25) is 0 Å². The van der Waals surface area contributed by atoms with Gasteiger partial charge in [-0.05, 0) is 24.3 Å². The number of methoxy groups -OCH3 is 3. The highest BCUT2D eigenvalue weighted by molar-refractivity contribution is 6.06. The Balaban J connectivity index is 1.62. The van der Waals surface area contributed by atoms with Crippen LogP contribution in [-0.4, -0.2) is 42.2 Å². The van der Waals surface area contributed by atoms with E-state index in [1.165, 1.54) is 6.33 Å². The van der Waals surface area contributed by atoms with Crippen molar-refractivity contribution in [2.24, 2.45) is 0 Å². The predicted octanol–water partition coefficient (Wildman–Crippen LogP) is 4.56. The van der Waals surface area contributed by atoms with Crippen molar-refractivity contribution in [2.45, 2.75) is 0 Å². The van der Waals surface area contributed by atoms with Gasteiger partial charge in [0, 0.05) is 28.9 Å². The van der Waals surface area contributed by atoms with Gasteiger partial charge in [0.1, 0.15) is 6.33 Å². The molecular weight excluding hydrogens is 434 g/mol. The number of aromatic nitrogens is 3. The normalized spacial score (nSPS) is 10.3. The van der Waals surface area contributed by atoms with Crippen molar-refractivity contribution >= 4 is 23.2 Å². The molecule has 0 aliphatic rings. The number of anilines is 3. The van der Waals surface area contributed by atoms with Crippen LogP contribution in [0.3, 0.4) is 0 Å². The van der Waals surface area contributed by atoms with Gasteiger partial charge < -0.3 is 24.8 Å². The van der Waals surface area contributed by atoms with Gasteiger partial charge in [-0.3, -0.25) is 4.79 Å². The van der Waals surface area contributed by atoms with E-state index in [9.17, 15) is 4.79 Å². The Labute approximate surface area is 196 Å². The maximum atomic E-state index is 12.7. The Morgan fingerprint density at radius 1 is 0.824 bits per heavy atom. The molecule has 0 aliphatic carbocycles. The summed E-state index contributed by atoms with van der Waals surface area (Å²) in [5.41, 5.74) is 2.43. The highest BCUT2D eigenvalue weighted by atomic mass is 16.5. The minimum atomic E-state index is -0.224. The standard InChI is InChI=1S/C25H23N5O4/c1-32-20-13-17(14-21(33-2)22(20)34-3)28-25-27-15-26-23(30-25)18-11-7-8-12-19(18)29-24(31)16-9-5-4-6-10-16/h4-15H,1-3H3,(H,29,31)(H,26,27,28,30). The van der Waals surface area contributed by atoms with E-state index in [4.69, 9.17) is 14.2 Å². The van der Waals surface area contributed by atoms with E-state index < -0.39 is 0 Å². The zero-order chi connectivity index (χ0) is 23.9. The number of rotatable bonds is 8. The van der Waals surface area contributed by atoms with Crippen LogP contribution in [0, 0.1) is 0 Å². The number of para-hydroxylation sites is 1. The summed E-state index contributed by atoms with van der Waals surface area (Å²) in [6.45, 7) is 0. The molecule has 172 valence electrons. The summed E-state index contributed by atoms with van der Waals surface area (Å²) in [6, 6.07) is 19.8. The van der Waals surface area contributed by atoms with Crippen LogP contribution >= 0.6 is 0 Å².